The normalized spacial score (nSPS) is 10.4. The summed E-state index contributed by atoms with van der Waals surface area (Å²) < 4.78 is 13.3. The molecule has 0 spiro atoms. The first kappa shape index (κ1) is 12.6. The molecule has 0 amide bonds. The standard InChI is InChI=1S/C15H17FN2/c1-2-18(15-5-3-4-13(16)10-15)14-8-6-12(11-17)7-9-14/h3-10H,2,11,17H2,1H3. The van der Waals surface area contributed by atoms with Crippen molar-refractivity contribution in [3.63, 3.8) is 0 Å². The van der Waals surface area contributed by atoms with Crippen molar-refractivity contribution in [2.75, 3.05) is 11.4 Å². The van der Waals surface area contributed by atoms with E-state index in [-0.39, 0.29) is 5.82 Å². The summed E-state index contributed by atoms with van der Waals surface area (Å²) >= 11 is 0. The van der Waals surface area contributed by atoms with E-state index >= 15 is 0 Å². The van der Waals surface area contributed by atoms with Gasteiger partial charge in [-0.15, -0.1) is 0 Å². The van der Waals surface area contributed by atoms with E-state index in [1.807, 2.05) is 37.3 Å². The number of nitrogens with zero attached hydrogens (tertiary/aromatic N) is 1. The zero-order valence-corrected chi connectivity index (χ0v) is 10.4. The fourth-order valence-electron chi connectivity index (χ4n) is 1.97. The molecule has 0 saturated carbocycles. The largest absolute Gasteiger partial charge is 0.342 e. The molecule has 0 unspecified atom stereocenters. The Labute approximate surface area is 107 Å². The predicted molar refractivity (Wildman–Crippen MR) is 73.4 cm³/mol. The average Bonchev–Trinajstić information content (AvgIpc) is 2.40. The van der Waals surface area contributed by atoms with Crippen LogP contribution in [0.2, 0.25) is 0 Å². The first-order chi connectivity index (χ1) is 8.74. The van der Waals surface area contributed by atoms with Gasteiger partial charge >= 0.3 is 0 Å². The molecular weight excluding hydrogens is 227 g/mol. The second-order valence-corrected chi connectivity index (χ2v) is 4.09. The minimum atomic E-state index is -0.218. The van der Waals surface area contributed by atoms with Crippen LogP contribution in [0.5, 0.6) is 0 Å². The van der Waals surface area contributed by atoms with Crippen LogP contribution >= 0.6 is 0 Å². The Morgan fingerprint density at radius 3 is 2.33 bits per heavy atom. The third kappa shape index (κ3) is 2.68. The SMILES string of the molecule is CCN(c1ccc(CN)cc1)c1cccc(F)c1. The minimum Gasteiger partial charge on any atom is -0.342 e. The summed E-state index contributed by atoms with van der Waals surface area (Å²) in [5, 5.41) is 0. The molecule has 0 saturated heterocycles. The zero-order chi connectivity index (χ0) is 13.0. The maximum Gasteiger partial charge on any atom is 0.125 e. The third-order valence-electron chi connectivity index (χ3n) is 2.92. The number of hydrogen-bond donors (Lipinski definition) is 1. The van der Waals surface area contributed by atoms with Gasteiger partial charge in [-0.3, -0.25) is 0 Å². The van der Waals surface area contributed by atoms with Crippen LogP contribution in [0.4, 0.5) is 15.8 Å². The van der Waals surface area contributed by atoms with Crippen LogP contribution in [0, 0.1) is 5.82 Å². The lowest BCUT2D eigenvalue weighted by molar-refractivity contribution is 0.627. The Morgan fingerprint density at radius 2 is 1.78 bits per heavy atom. The molecule has 2 N–H and O–H groups in total. The molecule has 3 heteroatoms. The molecule has 2 aromatic carbocycles. The number of anilines is 2. The molecule has 0 aliphatic rings. The van der Waals surface area contributed by atoms with Crippen molar-refractivity contribution in [3.05, 3.63) is 59.9 Å². The summed E-state index contributed by atoms with van der Waals surface area (Å²) in [6.45, 7) is 3.36. The summed E-state index contributed by atoms with van der Waals surface area (Å²) in [6, 6.07) is 14.6. The first-order valence-corrected chi connectivity index (χ1v) is 6.06. The van der Waals surface area contributed by atoms with Gasteiger partial charge in [0.1, 0.15) is 5.82 Å². The summed E-state index contributed by atoms with van der Waals surface area (Å²) in [6.07, 6.45) is 0. The summed E-state index contributed by atoms with van der Waals surface area (Å²) in [4.78, 5) is 2.06. The van der Waals surface area contributed by atoms with Crippen LogP contribution in [0.15, 0.2) is 48.5 Å². The quantitative estimate of drug-likeness (QED) is 0.892. The summed E-state index contributed by atoms with van der Waals surface area (Å²) in [5.41, 5.74) is 8.57. The van der Waals surface area contributed by atoms with Gasteiger partial charge in [0.2, 0.25) is 0 Å². The van der Waals surface area contributed by atoms with Crippen molar-refractivity contribution < 1.29 is 4.39 Å². The molecular formula is C15H17FN2. The fourth-order valence-corrected chi connectivity index (χ4v) is 1.97. The van der Waals surface area contributed by atoms with Crippen molar-refractivity contribution in [1.82, 2.24) is 0 Å². The van der Waals surface area contributed by atoms with Crippen LogP contribution in [0.25, 0.3) is 0 Å². The molecule has 0 bridgehead atoms. The van der Waals surface area contributed by atoms with Crippen molar-refractivity contribution >= 4 is 11.4 Å². The smallest absolute Gasteiger partial charge is 0.125 e. The van der Waals surface area contributed by atoms with Gasteiger partial charge in [0, 0.05) is 24.5 Å². The van der Waals surface area contributed by atoms with Crippen LogP contribution in [-0.4, -0.2) is 6.54 Å². The monoisotopic (exact) mass is 244 g/mol. The van der Waals surface area contributed by atoms with E-state index in [0.29, 0.717) is 6.54 Å². The van der Waals surface area contributed by atoms with E-state index in [1.54, 1.807) is 12.1 Å². The highest BCUT2D eigenvalue weighted by Crippen LogP contribution is 2.25. The van der Waals surface area contributed by atoms with Gasteiger partial charge in [-0.1, -0.05) is 18.2 Å². The molecule has 18 heavy (non-hydrogen) atoms. The van der Waals surface area contributed by atoms with Crippen LogP contribution in [0.3, 0.4) is 0 Å². The molecule has 2 aromatic rings. The van der Waals surface area contributed by atoms with E-state index in [9.17, 15) is 4.39 Å². The summed E-state index contributed by atoms with van der Waals surface area (Å²) in [5.74, 6) is -0.218. The molecule has 0 aromatic heterocycles. The Morgan fingerprint density at radius 1 is 1.06 bits per heavy atom. The number of hydrogen-bond acceptors (Lipinski definition) is 2. The van der Waals surface area contributed by atoms with E-state index in [2.05, 4.69) is 4.90 Å². The highest BCUT2D eigenvalue weighted by Gasteiger charge is 2.07. The predicted octanol–water partition coefficient (Wildman–Crippen LogP) is 3.44. The van der Waals surface area contributed by atoms with Crippen molar-refractivity contribution in [3.8, 4) is 0 Å². The highest BCUT2D eigenvalue weighted by atomic mass is 19.1. The van der Waals surface area contributed by atoms with Crippen LogP contribution < -0.4 is 10.6 Å². The Bertz CT molecular complexity index is 508. The Kier molecular flexibility index (Phi) is 3.95. The Hall–Kier alpha value is -1.87. The maximum atomic E-state index is 13.3. The molecule has 0 fully saturated rings. The third-order valence-corrected chi connectivity index (χ3v) is 2.92. The van der Waals surface area contributed by atoms with E-state index in [0.717, 1.165) is 23.5 Å². The zero-order valence-electron chi connectivity index (χ0n) is 10.4. The average molecular weight is 244 g/mol. The molecule has 0 radical (unpaired) electrons. The maximum absolute atomic E-state index is 13.3. The topological polar surface area (TPSA) is 29.3 Å². The van der Waals surface area contributed by atoms with Gasteiger partial charge in [0.25, 0.3) is 0 Å². The van der Waals surface area contributed by atoms with Gasteiger partial charge in [-0.25, -0.2) is 4.39 Å². The van der Waals surface area contributed by atoms with Gasteiger partial charge in [0.05, 0.1) is 0 Å². The van der Waals surface area contributed by atoms with Gasteiger partial charge < -0.3 is 10.6 Å². The lowest BCUT2D eigenvalue weighted by atomic mass is 10.2. The van der Waals surface area contributed by atoms with Crippen molar-refractivity contribution in [1.29, 1.82) is 0 Å². The molecule has 0 atom stereocenters. The molecule has 94 valence electrons. The second-order valence-electron chi connectivity index (χ2n) is 4.09. The number of benzene rings is 2. The van der Waals surface area contributed by atoms with E-state index in [4.69, 9.17) is 5.73 Å². The van der Waals surface area contributed by atoms with Crippen LogP contribution in [0.1, 0.15) is 12.5 Å². The number of rotatable bonds is 4. The van der Waals surface area contributed by atoms with Gasteiger partial charge in [-0.05, 0) is 42.8 Å². The van der Waals surface area contributed by atoms with Crippen molar-refractivity contribution in [2.24, 2.45) is 5.73 Å². The van der Waals surface area contributed by atoms with Crippen LogP contribution in [-0.2, 0) is 6.54 Å². The molecule has 0 heterocycles. The molecule has 0 aliphatic heterocycles. The van der Waals surface area contributed by atoms with E-state index < -0.39 is 0 Å². The molecule has 0 aliphatic carbocycles. The van der Waals surface area contributed by atoms with E-state index in [1.165, 1.54) is 6.07 Å². The summed E-state index contributed by atoms with van der Waals surface area (Å²) in [7, 11) is 0. The minimum absolute atomic E-state index is 0.218. The number of nitrogens with two attached hydrogens (primary N) is 1. The first-order valence-electron chi connectivity index (χ1n) is 6.06. The highest BCUT2D eigenvalue weighted by molar-refractivity contribution is 5.63. The Balaban J connectivity index is 2.32. The van der Waals surface area contributed by atoms with Gasteiger partial charge in [-0.2, -0.15) is 0 Å². The fraction of sp³-hybridized carbons (Fsp3) is 0.200. The lowest BCUT2D eigenvalue weighted by Crippen LogP contribution is -2.16. The molecule has 2 nitrogen and oxygen atoms in total. The lowest BCUT2D eigenvalue weighted by Gasteiger charge is -2.23. The van der Waals surface area contributed by atoms with Crippen molar-refractivity contribution in [2.45, 2.75) is 13.5 Å². The second kappa shape index (κ2) is 5.65. The molecule has 2 rings (SSSR count). The number of halogens is 1. The van der Waals surface area contributed by atoms with Gasteiger partial charge in [0.15, 0.2) is 0 Å².